The predicted octanol–water partition coefficient (Wildman–Crippen LogP) is 2.23. The van der Waals surface area contributed by atoms with Crippen molar-refractivity contribution in [3.8, 4) is 0 Å². The second-order valence-corrected chi connectivity index (χ2v) is 7.65. The van der Waals surface area contributed by atoms with Crippen LogP contribution in [0.15, 0.2) is 47.4 Å². The van der Waals surface area contributed by atoms with Gasteiger partial charge in [-0.05, 0) is 69.3 Å². The highest BCUT2D eigenvalue weighted by atomic mass is 19.1. The summed E-state index contributed by atoms with van der Waals surface area (Å²) in [5, 5.41) is 5.48. The number of pyridine rings is 1. The number of amides is 2. The molecule has 8 heteroatoms. The van der Waals surface area contributed by atoms with Gasteiger partial charge < -0.3 is 20.1 Å². The number of nitrogens with zero attached hydrogens (tertiary/aromatic N) is 2. The van der Waals surface area contributed by atoms with E-state index in [2.05, 4.69) is 15.5 Å². The summed E-state index contributed by atoms with van der Waals surface area (Å²) in [5.74, 6) is -1.31. The molecule has 2 amide bonds. The summed E-state index contributed by atoms with van der Waals surface area (Å²) in [4.78, 5) is 39.8. The van der Waals surface area contributed by atoms with Gasteiger partial charge in [0.25, 0.3) is 11.5 Å². The molecule has 0 spiro atoms. The zero-order chi connectivity index (χ0) is 21.5. The van der Waals surface area contributed by atoms with Crippen molar-refractivity contribution >= 4 is 17.5 Å². The zero-order valence-electron chi connectivity index (χ0n) is 17.1. The predicted molar refractivity (Wildman–Crippen MR) is 113 cm³/mol. The molecular formula is C22H27FN4O3. The minimum absolute atomic E-state index is 0.0312. The van der Waals surface area contributed by atoms with Gasteiger partial charge in [-0.2, -0.15) is 0 Å². The van der Waals surface area contributed by atoms with Gasteiger partial charge in [0.15, 0.2) is 0 Å². The largest absolute Gasteiger partial charge is 0.351 e. The second kappa shape index (κ2) is 10.2. The molecule has 3 rings (SSSR count). The van der Waals surface area contributed by atoms with Crippen LogP contribution in [-0.4, -0.2) is 47.0 Å². The maximum Gasteiger partial charge on any atom is 0.263 e. The van der Waals surface area contributed by atoms with Gasteiger partial charge in [-0.25, -0.2) is 4.39 Å². The Morgan fingerprint density at radius 3 is 2.50 bits per heavy atom. The Kier molecular flexibility index (Phi) is 7.35. The van der Waals surface area contributed by atoms with Crippen LogP contribution in [0.2, 0.25) is 0 Å². The number of halogens is 1. The summed E-state index contributed by atoms with van der Waals surface area (Å²) in [7, 11) is 0. The number of anilines is 1. The van der Waals surface area contributed by atoms with Crippen molar-refractivity contribution in [3.63, 3.8) is 0 Å². The molecule has 2 N–H and O–H groups in total. The molecule has 1 aliphatic heterocycles. The maximum absolute atomic E-state index is 13.0. The lowest BCUT2D eigenvalue weighted by Crippen LogP contribution is -2.45. The van der Waals surface area contributed by atoms with Gasteiger partial charge in [-0.1, -0.05) is 6.42 Å². The second-order valence-electron chi connectivity index (χ2n) is 7.65. The van der Waals surface area contributed by atoms with Crippen molar-refractivity contribution in [3.05, 3.63) is 64.3 Å². The molecule has 0 saturated carbocycles. The highest BCUT2D eigenvalue weighted by molar-refractivity contribution is 6.04. The number of hydrogen-bond donors (Lipinski definition) is 2. The molecule has 0 aliphatic carbocycles. The van der Waals surface area contributed by atoms with Crippen molar-refractivity contribution in [2.24, 2.45) is 0 Å². The van der Waals surface area contributed by atoms with E-state index in [9.17, 15) is 18.8 Å². The lowest BCUT2D eigenvalue weighted by molar-refractivity contribution is -0.122. The Bertz CT molecular complexity index is 936. The highest BCUT2D eigenvalue weighted by Crippen LogP contribution is 2.10. The Labute approximate surface area is 174 Å². The smallest absolute Gasteiger partial charge is 0.263 e. The minimum atomic E-state index is -0.611. The van der Waals surface area contributed by atoms with Gasteiger partial charge in [0.1, 0.15) is 17.9 Å². The first-order chi connectivity index (χ1) is 14.4. The summed E-state index contributed by atoms with van der Waals surface area (Å²) >= 11 is 0. The molecule has 7 nitrogen and oxygen atoms in total. The van der Waals surface area contributed by atoms with Crippen molar-refractivity contribution < 1.29 is 14.0 Å². The van der Waals surface area contributed by atoms with Gasteiger partial charge in [0, 0.05) is 24.5 Å². The van der Waals surface area contributed by atoms with Crippen LogP contribution in [-0.2, 0) is 11.3 Å². The number of likely N-dealkylation sites (tertiary alicyclic amines) is 1. The molecule has 0 bridgehead atoms. The van der Waals surface area contributed by atoms with Crippen LogP contribution in [0.25, 0.3) is 0 Å². The SMILES string of the molecule is C[C@H](CN1CCCCC1)NC(=O)Cn1cccc(C(=O)Nc2ccc(F)cc2)c1=O. The van der Waals surface area contributed by atoms with Crippen molar-refractivity contribution in [1.82, 2.24) is 14.8 Å². The fourth-order valence-corrected chi connectivity index (χ4v) is 3.62. The molecule has 1 atom stereocenters. The Hall–Kier alpha value is -3.00. The van der Waals surface area contributed by atoms with Crippen LogP contribution in [0.3, 0.4) is 0 Å². The molecule has 0 unspecified atom stereocenters. The quantitative estimate of drug-likeness (QED) is 0.728. The summed E-state index contributed by atoms with van der Waals surface area (Å²) in [6, 6.07) is 8.16. The Balaban J connectivity index is 1.59. The molecule has 1 aromatic carbocycles. The first-order valence-electron chi connectivity index (χ1n) is 10.2. The number of rotatable bonds is 7. The molecule has 0 radical (unpaired) electrons. The standard InChI is InChI=1S/C22H27FN4O3/c1-16(14-26-11-3-2-4-12-26)24-20(28)15-27-13-5-6-19(22(27)30)21(29)25-18-9-7-17(23)8-10-18/h5-10,13,16H,2-4,11-12,14-15H2,1H3,(H,24,28)(H,25,29)/t16-/m1/s1. The number of piperidine rings is 1. The third-order valence-corrected chi connectivity index (χ3v) is 5.07. The summed E-state index contributed by atoms with van der Waals surface area (Å²) in [6.07, 6.45) is 5.10. The molecule has 2 aromatic rings. The van der Waals surface area contributed by atoms with Crippen LogP contribution in [0.5, 0.6) is 0 Å². The molecule has 2 heterocycles. The number of aromatic nitrogens is 1. The van der Waals surface area contributed by atoms with E-state index in [4.69, 9.17) is 0 Å². The molecule has 160 valence electrons. The van der Waals surface area contributed by atoms with E-state index in [0.29, 0.717) is 5.69 Å². The molecule has 1 aliphatic rings. The summed E-state index contributed by atoms with van der Waals surface area (Å²) < 4.78 is 14.2. The van der Waals surface area contributed by atoms with Crippen LogP contribution in [0.4, 0.5) is 10.1 Å². The molecule has 1 saturated heterocycles. The lowest BCUT2D eigenvalue weighted by Gasteiger charge is -2.29. The van der Waals surface area contributed by atoms with Crippen molar-refractivity contribution in [1.29, 1.82) is 0 Å². The van der Waals surface area contributed by atoms with E-state index >= 15 is 0 Å². The zero-order valence-corrected chi connectivity index (χ0v) is 17.1. The fraction of sp³-hybridized carbons (Fsp3) is 0.409. The van der Waals surface area contributed by atoms with Gasteiger partial charge in [0.2, 0.25) is 5.91 Å². The molecule has 1 fully saturated rings. The third-order valence-electron chi connectivity index (χ3n) is 5.07. The Morgan fingerprint density at radius 2 is 1.80 bits per heavy atom. The number of hydrogen-bond acceptors (Lipinski definition) is 4. The van der Waals surface area contributed by atoms with Crippen LogP contribution in [0.1, 0.15) is 36.5 Å². The normalized spacial score (nSPS) is 15.4. The highest BCUT2D eigenvalue weighted by Gasteiger charge is 2.17. The van der Waals surface area contributed by atoms with E-state index < -0.39 is 17.3 Å². The van der Waals surface area contributed by atoms with E-state index in [1.165, 1.54) is 60.4 Å². The first-order valence-corrected chi connectivity index (χ1v) is 10.2. The summed E-state index contributed by atoms with van der Waals surface area (Å²) in [5.41, 5.74) is -0.271. The van der Waals surface area contributed by atoms with E-state index in [1.807, 2.05) is 6.92 Å². The topological polar surface area (TPSA) is 83.4 Å². The number of carbonyl (C=O) groups is 2. The van der Waals surface area contributed by atoms with E-state index in [-0.39, 0.29) is 24.1 Å². The van der Waals surface area contributed by atoms with Gasteiger partial charge >= 0.3 is 0 Å². The summed E-state index contributed by atoms with van der Waals surface area (Å²) in [6.45, 7) is 4.65. The van der Waals surface area contributed by atoms with Gasteiger partial charge in [0.05, 0.1) is 0 Å². The molecule has 1 aromatic heterocycles. The molecule has 30 heavy (non-hydrogen) atoms. The van der Waals surface area contributed by atoms with Gasteiger partial charge in [-0.3, -0.25) is 14.4 Å². The van der Waals surface area contributed by atoms with E-state index in [1.54, 1.807) is 6.07 Å². The van der Waals surface area contributed by atoms with Crippen LogP contribution >= 0.6 is 0 Å². The third kappa shape index (κ3) is 6.00. The average molecular weight is 414 g/mol. The first kappa shape index (κ1) is 21.7. The molecular weight excluding hydrogens is 387 g/mol. The van der Waals surface area contributed by atoms with Crippen LogP contribution in [0, 0.1) is 5.82 Å². The van der Waals surface area contributed by atoms with E-state index in [0.717, 1.165) is 19.6 Å². The number of carbonyl (C=O) groups excluding carboxylic acids is 2. The monoisotopic (exact) mass is 414 g/mol. The van der Waals surface area contributed by atoms with Crippen LogP contribution < -0.4 is 16.2 Å². The fourth-order valence-electron chi connectivity index (χ4n) is 3.62. The van der Waals surface area contributed by atoms with Crippen molar-refractivity contribution in [2.45, 2.75) is 38.8 Å². The lowest BCUT2D eigenvalue weighted by atomic mass is 10.1. The number of nitrogens with one attached hydrogen (secondary N) is 2. The maximum atomic E-state index is 13.0. The van der Waals surface area contributed by atoms with Crippen molar-refractivity contribution in [2.75, 3.05) is 25.0 Å². The average Bonchev–Trinajstić information content (AvgIpc) is 2.71. The Morgan fingerprint density at radius 1 is 1.10 bits per heavy atom. The number of benzene rings is 1. The van der Waals surface area contributed by atoms with Gasteiger partial charge in [-0.15, -0.1) is 0 Å². The minimum Gasteiger partial charge on any atom is -0.351 e.